The summed E-state index contributed by atoms with van der Waals surface area (Å²) in [6.07, 6.45) is 0. The minimum Gasteiger partial charge on any atom is -0.497 e. The van der Waals surface area contributed by atoms with Gasteiger partial charge in [0.15, 0.2) is 0 Å². The summed E-state index contributed by atoms with van der Waals surface area (Å²) in [4.78, 5) is 0. The van der Waals surface area contributed by atoms with Gasteiger partial charge in [-0.25, -0.2) is 17.8 Å². The van der Waals surface area contributed by atoms with E-state index in [1.807, 2.05) is 42.5 Å². The van der Waals surface area contributed by atoms with Crippen molar-refractivity contribution in [3.63, 3.8) is 0 Å². The van der Waals surface area contributed by atoms with Crippen molar-refractivity contribution >= 4 is 21.9 Å². The highest BCUT2D eigenvalue weighted by Crippen LogP contribution is 2.22. The van der Waals surface area contributed by atoms with Gasteiger partial charge in [0.1, 0.15) is 11.3 Å². The van der Waals surface area contributed by atoms with Gasteiger partial charge in [-0.1, -0.05) is 17.3 Å². The summed E-state index contributed by atoms with van der Waals surface area (Å²) in [5.41, 5.74) is 3.33. The van der Waals surface area contributed by atoms with E-state index in [1.165, 1.54) is 0 Å². The molecule has 1 atom stereocenters. The van der Waals surface area contributed by atoms with E-state index in [0.717, 1.165) is 28.0 Å². The van der Waals surface area contributed by atoms with Crippen molar-refractivity contribution in [2.45, 2.75) is 13.0 Å². The maximum Gasteiger partial charge on any atom is 0.201 e. The normalized spacial score (nSPS) is 12.7. The molecule has 0 aliphatic rings. The largest absolute Gasteiger partial charge is 0.497 e. The lowest BCUT2D eigenvalue weighted by molar-refractivity contribution is 0.415. The Hall–Kier alpha value is -2.45. The number of thiol groups is 1. The lowest BCUT2D eigenvalue weighted by atomic mass is 10.1. The van der Waals surface area contributed by atoms with Crippen molar-refractivity contribution in [3.05, 3.63) is 48.0 Å². The van der Waals surface area contributed by atoms with Crippen LogP contribution < -0.4 is 9.46 Å². The summed E-state index contributed by atoms with van der Waals surface area (Å²) in [6.45, 7) is 1.79. The fourth-order valence-corrected chi connectivity index (χ4v) is 2.82. The molecule has 0 fully saturated rings. The summed E-state index contributed by atoms with van der Waals surface area (Å²) in [5, 5.41) is 8.30. The predicted molar refractivity (Wildman–Crippen MR) is 87.3 cm³/mol. The molecule has 8 heteroatoms. The Morgan fingerprint density at radius 3 is 2.57 bits per heavy atom. The Morgan fingerprint density at radius 1 is 1.17 bits per heavy atom. The first kappa shape index (κ1) is 15.4. The topological polar surface area (TPSA) is 86.1 Å². The van der Waals surface area contributed by atoms with Gasteiger partial charge in [-0.05, 0) is 36.8 Å². The third kappa shape index (κ3) is 3.17. The van der Waals surface area contributed by atoms with Crippen LogP contribution in [-0.4, -0.2) is 30.5 Å². The van der Waals surface area contributed by atoms with E-state index in [9.17, 15) is 8.42 Å². The first-order valence-electron chi connectivity index (χ1n) is 6.99. The van der Waals surface area contributed by atoms with Crippen LogP contribution in [0.5, 0.6) is 5.75 Å². The minimum atomic E-state index is -2.63. The number of nitrogens with zero attached hydrogens (tertiary/aromatic N) is 3. The highest BCUT2D eigenvalue weighted by molar-refractivity contribution is 7.70. The van der Waals surface area contributed by atoms with E-state index in [1.54, 1.807) is 18.7 Å². The second kappa shape index (κ2) is 6.35. The van der Waals surface area contributed by atoms with E-state index in [2.05, 4.69) is 15.0 Å². The zero-order valence-electron chi connectivity index (χ0n) is 12.6. The van der Waals surface area contributed by atoms with Crippen molar-refractivity contribution in [2.24, 2.45) is 0 Å². The first-order valence-corrected chi connectivity index (χ1v) is 8.16. The van der Waals surface area contributed by atoms with Gasteiger partial charge in [-0.2, -0.15) is 0 Å². The number of ether oxygens (including phenoxy) is 1. The molecule has 3 aromatic rings. The molecule has 0 bridgehead atoms. The molecule has 3 rings (SSSR count). The highest BCUT2D eigenvalue weighted by atomic mass is 32.2. The number of nitrogens with one attached hydrogen (secondary N) is 1. The Balaban J connectivity index is 1.93. The van der Waals surface area contributed by atoms with Gasteiger partial charge in [0.05, 0.1) is 18.3 Å². The Bertz CT molecular complexity index is 895. The number of fused-ring (bicyclic) bond motifs is 1. The van der Waals surface area contributed by atoms with Crippen LogP contribution in [0.4, 0.5) is 0 Å². The third-order valence-corrected chi connectivity index (χ3v) is 4.19. The van der Waals surface area contributed by atoms with Crippen molar-refractivity contribution in [1.29, 1.82) is 0 Å². The fourth-order valence-electron chi connectivity index (χ4n) is 2.36. The average molecular weight is 332 g/mol. The first-order chi connectivity index (χ1) is 11.1. The van der Waals surface area contributed by atoms with Gasteiger partial charge >= 0.3 is 0 Å². The minimum absolute atomic E-state index is 0.276. The molecule has 1 heterocycles. The van der Waals surface area contributed by atoms with Gasteiger partial charge in [0, 0.05) is 12.1 Å². The molecule has 1 N–H and O–H groups in total. The molecule has 0 aliphatic heterocycles. The predicted octanol–water partition coefficient (Wildman–Crippen LogP) is 1.61. The summed E-state index contributed by atoms with van der Waals surface area (Å²) in [5.74, 6) is 0.728. The van der Waals surface area contributed by atoms with Crippen LogP contribution in [0.25, 0.3) is 16.7 Å². The molecule has 0 radical (unpaired) electrons. The molecule has 2 aromatic carbocycles. The van der Waals surface area contributed by atoms with E-state index >= 15 is 0 Å². The summed E-state index contributed by atoms with van der Waals surface area (Å²) >= 11 is 0. The van der Waals surface area contributed by atoms with Gasteiger partial charge in [-0.15, -0.1) is 5.10 Å². The van der Waals surface area contributed by atoms with Crippen LogP contribution in [0.3, 0.4) is 0 Å². The van der Waals surface area contributed by atoms with Crippen molar-refractivity contribution in [3.8, 4) is 11.4 Å². The van der Waals surface area contributed by atoms with E-state index in [0.29, 0.717) is 0 Å². The average Bonchev–Trinajstić information content (AvgIpc) is 2.97. The summed E-state index contributed by atoms with van der Waals surface area (Å²) < 4.78 is 30.8. The van der Waals surface area contributed by atoms with E-state index in [4.69, 9.17) is 4.74 Å². The molecular weight excluding hydrogens is 316 g/mol. The van der Waals surface area contributed by atoms with Crippen LogP contribution >= 0.6 is 0 Å². The van der Waals surface area contributed by atoms with Crippen LogP contribution in [0.2, 0.25) is 0 Å². The molecule has 0 aliphatic carbocycles. The molecule has 0 saturated carbocycles. The van der Waals surface area contributed by atoms with E-state index in [-0.39, 0.29) is 6.04 Å². The van der Waals surface area contributed by atoms with Gasteiger partial charge in [0.2, 0.25) is 10.9 Å². The number of aromatic nitrogens is 3. The second-order valence-electron chi connectivity index (χ2n) is 5.06. The molecule has 120 valence electrons. The smallest absolute Gasteiger partial charge is 0.201 e. The fraction of sp³-hybridized carbons (Fsp3) is 0.200. The van der Waals surface area contributed by atoms with Crippen molar-refractivity contribution < 1.29 is 13.2 Å². The third-order valence-electron chi connectivity index (χ3n) is 3.59. The summed E-state index contributed by atoms with van der Waals surface area (Å²) in [7, 11) is -1.02. The van der Waals surface area contributed by atoms with Crippen LogP contribution in [-0.2, 0) is 10.9 Å². The molecule has 0 saturated heterocycles. The zero-order chi connectivity index (χ0) is 16.4. The second-order valence-corrected chi connectivity index (χ2v) is 5.83. The maximum atomic E-state index is 10.7. The van der Waals surface area contributed by atoms with Crippen LogP contribution in [0, 0.1) is 0 Å². The molecule has 23 heavy (non-hydrogen) atoms. The van der Waals surface area contributed by atoms with Crippen molar-refractivity contribution in [1.82, 2.24) is 19.7 Å². The number of rotatable bonds is 5. The summed E-state index contributed by atoms with van der Waals surface area (Å²) in [6, 6.07) is 12.8. The zero-order valence-corrected chi connectivity index (χ0v) is 13.5. The molecule has 0 amide bonds. The number of hydrogen-bond acceptors (Lipinski definition) is 5. The van der Waals surface area contributed by atoms with Crippen LogP contribution in [0.15, 0.2) is 42.5 Å². The Morgan fingerprint density at radius 2 is 1.91 bits per heavy atom. The Labute approximate surface area is 135 Å². The number of benzene rings is 2. The molecule has 0 spiro atoms. The lowest BCUT2D eigenvalue weighted by Crippen LogP contribution is -2.16. The quantitative estimate of drug-likeness (QED) is 0.693. The molecule has 7 nitrogen and oxygen atoms in total. The number of hydrogen-bond donors (Lipinski definition) is 2. The van der Waals surface area contributed by atoms with Gasteiger partial charge < -0.3 is 4.74 Å². The molecule has 1 unspecified atom stereocenters. The standard InChI is InChI=1S/C15H16N4O3S/c1-10(17-23(20)21)11-3-5-12(6-4-11)19-15-8-7-13(22-2)9-14(15)16-18-19/h3-10,23H,1-2H3,(H,17,20,21). The SMILES string of the molecule is COc1ccc2c(c1)nnn2-c1ccc(C(C)N[SH](=O)=O)cc1. The molecule has 1 aromatic heterocycles. The van der Waals surface area contributed by atoms with E-state index < -0.39 is 10.9 Å². The number of methoxy groups -OCH3 is 1. The van der Waals surface area contributed by atoms with Gasteiger partial charge in [0.25, 0.3) is 0 Å². The maximum absolute atomic E-state index is 10.7. The monoisotopic (exact) mass is 332 g/mol. The Kier molecular flexibility index (Phi) is 4.26. The molecular formula is C15H16N4O3S. The van der Waals surface area contributed by atoms with Gasteiger partial charge in [-0.3, -0.25) is 0 Å². The lowest BCUT2D eigenvalue weighted by Gasteiger charge is -2.10. The van der Waals surface area contributed by atoms with Crippen molar-refractivity contribution in [2.75, 3.05) is 7.11 Å². The van der Waals surface area contributed by atoms with Crippen LogP contribution in [0.1, 0.15) is 18.5 Å². The highest BCUT2D eigenvalue weighted by Gasteiger charge is 2.09.